The number of fused-ring (bicyclic) bond motifs is 4. The molecule has 12 nitrogen and oxygen atoms in total. The van der Waals surface area contributed by atoms with Gasteiger partial charge in [0.15, 0.2) is 0 Å². The zero-order valence-electron chi connectivity index (χ0n) is 32.1. The lowest BCUT2D eigenvalue weighted by atomic mass is 9.98. The Morgan fingerprint density at radius 2 is 0.438 bits per heavy atom. The highest BCUT2D eigenvalue weighted by Crippen LogP contribution is 2.39. The molecule has 0 saturated carbocycles. The maximum atomic E-state index is 12.2. The van der Waals surface area contributed by atoms with Crippen molar-refractivity contribution in [3.05, 3.63) is 191 Å². The molecule has 0 amide bonds. The molecule has 64 heavy (non-hydrogen) atoms. The maximum absolute atomic E-state index is 12.2. The predicted octanol–water partition coefficient (Wildman–Crippen LogP) is 9.40. The van der Waals surface area contributed by atoms with E-state index in [1.165, 1.54) is 48.5 Å². The fraction of sp³-hybridized carbons (Fsp3) is 0. The van der Waals surface area contributed by atoms with Gasteiger partial charge in [-0.15, -0.1) is 0 Å². The first-order valence-corrected chi connectivity index (χ1v) is 27.7. The van der Waals surface area contributed by atoms with Gasteiger partial charge in [-0.25, -0.2) is 53.6 Å². The molecule has 9 rings (SSSR count). The minimum absolute atomic E-state index is 0.123. The van der Waals surface area contributed by atoms with Gasteiger partial charge in [0.2, 0.25) is 0 Å². The van der Waals surface area contributed by atoms with Gasteiger partial charge in [0, 0.05) is 65.0 Å². The molecule has 20 heteroatoms. The first-order chi connectivity index (χ1) is 30.2. The zero-order chi connectivity index (χ0) is 45.3. The second-order valence-electron chi connectivity index (χ2n) is 14.2. The Balaban J connectivity index is 1.35. The molecule has 4 aromatic rings. The van der Waals surface area contributed by atoms with Crippen molar-refractivity contribution in [3.63, 3.8) is 0 Å². The van der Waals surface area contributed by atoms with Crippen molar-refractivity contribution >= 4 is 124 Å². The normalized spacial score (nSPS) is 17.4. The van der Waals surface area contributed by atoms with E-state index in [-0.39, 0.29) is 19.6 Å². The Morgan fingerprint density at radius 3 is 0.594 bits per heavy atom. The lowest BCUT2D eigenvalue weighted by Crippen LogP contribution is -2.04. The van der Waals surface area contributed by atoms with Crippen molar-refractivity contribution in [1.29, 1.82) is 0 Å². The van der Waals surface area contributed by atoms with E-state index in [4.69, 9.17) is 62.7 Å². The fourth-order valence-corrected chi connectivity index (χ4v) is 10.5. The first-order valence-electron chi connectivity index (χ1n) is 18.5. The van der Waals surface area contributed by atoms with Gasteiger partial charge < -0.3 is 0 Å². The number of allylic oxidation sites excluding steroid dienone is 12. The van der Waals surface area contributed by atoms with Gasteiger partial charge in [0.25, 0.3) is 36.2 Å². The second-order valence-corrected chi connectivity index (χ2v) is 24.5. The van der Waals surface area contributed by atoms with E-state index in [0.717, 1.165) is 0 Å². The topological polar surface area (TPSA) is 186 Å². The average molecular weight is 1010 g/mol. The molecule has 0 radical (unpaired) electrons. The number of rotatable bonds is 8. The third kappa shape index (κ3) is 8.55. The lowest BCUT2D eigenvalue weighted by Gasteiger charge is -2.13. The van der Waals surface area contributed by atoms with Crippen LogP contribution < -0.4 is 0 Å². The highest BCUT2D eigenvalue weighted by molar-refractivity contribution is 8.14. The number of benzene rings is 4. The van der Waals surface area contributed by atoms with Crippen molar-refractivity contribution < 1.29 is 33.7 Å². The summed E-state index contributed by atoms with van der Waals surface area (Å²) < 4.78 is 97.9. The van der Waals surface area contributed by atoms with Gasteiger partial charge in [0.1, 0.15) is 0 Å². The Kier molecular flexibility index (Phi) is 11.0. The molecule has 0 unspecified atom stereocenters. The van der Waals surface area contributed by atoms with Crippen LogP contribution in [0.2, 0.25) is 0 Å². The molecule has 0 spiro atoms. The molecule has 0 N–H and O–H groups in total. The van der Waals surface area contributed by atoms with Crippen molar-refractivity contribution in [1.82, 2.24) is 0 Å². The predicted molar refractivity (Wildman–Crippen MR) is 252 cm³/mol. The summed E-state index contributed by atoms with van der Waals surface area (Å²) in [5.41, 5.74) is 7.51. The number of hydrogen-bond acceptors (Lipinski definition) is 12. The van der Waals surface area contributed by atoms with E-state index < -0.39 is 36.2 Å². The lowest BCUT2D eigenvalue weighted by molar-refractivity contribution is 0.608. The van der Waals surface area contributed by atoms with Gasteiger partial charge in [0.05, 0.1) is 65.2 Å². The van der Waals surface area contributed by atoms with Crippen molar-refractivity contribution in [2.45, 2.75) is 19.6 Å². The molecule has 5 aliphatic heterocycles. The Hall–Kier alpha value is -5.56. The van der Waals surface area contributed by atoms with Crippen LogP contribution in [-0.2, 0) is 36.2 Å². The highest BCUT2D eigenvalue weighted by Gasteiger charge is 2.29. The van der Waals surface area contributed by atoms with Crippen LogP contribution in [0.4, 0.5) is 0 Å². The summed E-state index contributed by atoms with van der Waals surface area (Å²) in [5, 5.41) is 0. The smallest absolute Gasteiger partial charge is 0.248 e. The standard InChI is InChI=1S/C44H24Cl4N4O8S4/c45-61(53,54)29-9-1-25(2-10-29)41-33-17-19-35(49-33)42(26-3-11-30(12-4-26)62(46,55)56)37-21-23-39(51-37)44(28-7-15-32(16-8-28)64(48,59)60)40-24-22-38(52-40)43(36-20-18-34(41)50-36)27-5-13-31(14-6-27)63(47,57)58/h1-24H. The average Bonchev–Trinajstić information content (AvgIpc) is 4.08. The van der Waals surface area contributed by atoms with Crippen LogP contribution in [0.3, 0.4) is 0 Å². The van der Waals surface area contributed by atoms with E-state index in [1.54, 1.807) is 97.1 Å². The SMILES string of the molecule is O=S(=O)(Cl)c1ccc(C2=C3C=CC(=N3)C(c3ccc(S(=O)(=O)Cl)cc3)=C3C=CC(=N3)C(c3ccc(S(=O)(=O)Cl)cc3)=C3C=CC(=N3)C(c3ccc(S(=O)(=O)Cl)cc3)=C3C=CC2=N3)cc1. The van der Waals surface area contributed by atoms with Crippen LogP contribution in [-0.4, -0.2) is 56.5 Å². The molecule has 4 aromatic carbocycles. The third-order valence-corrected chi connectivity index (χ3v) is 15.8. The molecule has 0 atom stereocenters. The van der Waals surface area contributed by atoms with E-state index in [0.29, 0.717) is 90.2 Å². The molecule has 0 aliphatic carbocycles. The van der Waals surface area contributed by atoms with E-state index >= 15 is 0 Å². The van der Waals surface area contributed by atoms with Crippen LogP contribution in [0.5, 0.6) is 0 Å². The number of hydrogen-bond donors (Lipinski definition) is 0. The summed E-state index contributed by atoms with van der Waals surface area (Å²) in [5.74, 6) is 0. The van der Waals surface area contributed by atoms with Gasteiger partial charge >= 0.3 is 0 Å². The summed E-state index contributed by atoms with van der Waals surface area (Å²) in [6, 6.07) is 23.6. The van der Waals surface area contributed by atoms with E-state index in [9.17, 15) is 33.7 Å². The minimum atomic E-state index is -4.07. The highest BCUT2D eigenvalue weighted by atomic mass is 35.7. The van der Waals surface area contributed by atoms with E-state index in [2.05, 4.69) is 0 Å². The maximum Gasteiger partial charge on any atom is 0.261 e. The molecule has 0 saturated heterocycles. The zero-order valence-corrected chi connectivity index (χ0v) is 38.3. The summed E-state index contributed by atoms with van der Waals surface area (Å²) in [4.78, 5) is 19.9. The van der Waals surface area contributed by atoms with Crippen LogP contribution in [0.25, 0.3) is 22.3 Å². The minimum Gasteiger partial charge on any atom is -0.248 e. The number of halogens is 4. The largest absolute Gasteiger partial charge is 0.261 e. The molecule has 320 valence electrons. The summed E-state index contributed by atoms with van der Waals surface area (Å²) in [7, 11) is 6.45. The number of aliphatic imine (C=N–C) groups is 4. The monoisotopic (exact) mass is 1000 g/mol. The Morgan fingerprint density at radius 1 is 0.266 bits per heavy atom. The molecular weight excluding hydrogens is 983 g/mol. The van der Waals surface area contributed by atoms with Crippen LogP contribution in [0.1, 0.15) is 22.3 Å². The summed E-state index contributed by atoms with van der Waals surface area (Å²) >= 11 is 0. The molecule has 8 bridgehead atoms. The fourth-order valence-electron chi connectivity index (χ4n) is 7.41. The molecule has 0 fully saturated rings. The second kappa shape index (κ2) is 16.2. The van der Waals surface area contributed by atoms with Crippen molar-refractivity contribution in [2.75, 3.05) is 0 Å². The van der Waals surface area contributed by atoms with Crippen LogP contribution >= 0.6 is 42.7 Å². The van der Waals surface area contributed by atoms with E-state index in [1.807, 2.05) is 0 Å². The summed E-state index contributed by atoms with van der Waals surface area (Å²) in [6.07, 6.45) is 14.1. The molecular formula is C44H24Cl4N4O8S4. The molecule has 0 aromatic heterocycles. The Labute approximate surface area is 385 Å². The molecule has 5 heterocycles. The molecule has 5 aliphatic rings. The van der Waals surface area contributed by atoms with Gasteiger partial charge in [-0.2, -0.15) is 0 Å². The number of nitrogens with zero attached hydrogens (tertiary/aromatic N) is 4. The van der Waals surface area contributed by atoms with Crippen molar-refractivity contribution in [2.24, 2.45) is 20.0 Å². The summed E-state index contributed by atoms with van der Waals surface area (Å²) in [6.45, 7) is 0. The Bertz CT molecular complexity index is 3150. The van der Waals surface area contributed by atoms with Crippen LogP contribution in [0, 0.1) is 0 Å². The third-order valence-electron chi connectivity index (χ3n) is 10.3. The van der Waals surface area contributed by atoms with Crippen molar-refractivity contribution in [3.8, 4) is 0 Å². The van der Waals surface area contributed by atoms with Gasteiger partial charge in [-0.3, -0.25) is 0 Å². The van der Waals surface area contributed by atoms with Gasteiger partial charge in [-0.1, -0.05) is 48.5 Å². The first kappa shape index (κ1) is 43.7. The quantitative estimate of drug-likeness (QED) is 0.156. The van der Waals surface area contributed by atoms with Gasteiger partial charge in [-0.05, 0) is 119 Å². The van der Waals surface area contributed by atoms with Crippen LogP contribution in [0.15, 0.2) is 208 Å².